The molecule has 1 unspecified atom stereocenters. The van der Waals surface area contributed by atoms with E-state index >= 15 is 0 Å². The first-order valence-electron chi connectivity index (χ1n) is 8.78. The number of hydrogen-bond acceptors (Lipinski definition) is 3. The van der Waals surface area contributed by atoms with Gasteiger partial charge in [-0.3, -0.25) is 4.79 Å². The van der Waals surface area contributed by atoms with Crippen LogP contribution >= 0.6 is 11.6 Å². The molecule has 1 saturated carbocycles. The fourth-order valence-corrected chi connectivity index (χ4v) is 3.56. The van der Waals surface area contributed by atoms with Crippen molar-refractivity contribution in [2.24, 2.45) is 10.3 Å². The van der Waals surface area contributed by atoms with Gasteiger partial charge >= 0.3 is 0 Å². The Morgan fingerprint density at radius 3 is 2.64 bits per heavy atom. The predicted molar refractivity (Wildman–Crippen MR) is 108 cm³/mol. The summed E-state index contributed by atoms with van der Waals surface area (Å²) >= 11 is 6.24. The Morgan fingerprint density at radius 2 is 2.04 bits per heavy atom. The first kappa shape index (κ1) is 20.9. The van der Waals surface area contributed by atoms with Crippen LogP contribution in [0.3, 0.4) is 0 Å². The van der Waals surface area contributed by atoms with Gasteiger partial charge in [-0.25, -0.2) is 13.0 Å². The number of halogens is 3. The number of nitrogens with one attached hydrogen (secondary N) is 1. The molecule has 1 heterocycles. The number of hydrogen-bond donors (Lipinski definition) is 1. The lowest BCUT2D eigenvalue weighted by Crippen LogP contribution is -2.38. The number of rotatable bonds is 5. The molecule has 28 heavy (non-hydrogen) atoms. The van der Waals surface area contributed by atoms with Gasteiger partial charge in [-0.1, -0.05) is 11.6 Å². The van der Waals surface area contributed by atoms with Crippen molar-refractivity contribution in [2.45, 2.75) is 44.3 Å². The van der Waals surface area contributed by atoms with Crippen molar-refractivity contribution in [3.8, 4) is 5.75 Å². The van der Waals surface area contributed by atoms with E-state index < -0.39 is 27.2 Å². The predicted octanol–water partition coefficient (Wildman–Crippen LogP) is 4.49. The van der Waals surface area contributed by atoms with Crippen LogP contribution in [0, 0.1) is 5.92 Å². The van der Waals surface area contributed by atoms with Crippen molar-refractivity contribution in [2.75, 3.05) is 6.61 Å². The molecule has 1 aliphatic carbocycles. The zero-order valence-electron chi connectivity index (χ0n) is 15.7. The molecule has 3 rings (SSSR count). The molecule has 0 spiro atoms. The molecule has 0 amide bonds. The van der Waals surface area contributed by atoms with Gasteiger partial charge in [-0.15, -0.1) is 0 Å². The molecule has 1 aliphatic rings. The van der Waals surface area contributed by atoms with E-state index in [9.17, 15) is 17.8 Å². The van der Waals surface area contributed by atoms with Gasteiger partial charge in [-0.05, 0) is 32.9 Å². The van der Waals surface area contributed by atoms with Crippen LogP contribution in [0.4, 0.5) is 8.78 Å². The van der Waals surface area contributed by atoms with Crippen molar-refractivity contribution >= 4 is 39.7 Å². The number of H-pyrrole nitrogens is 1. The van der Waals surface area contributed by atoms with Crippen LogP contribution in [0.25, 0.3) is 10.9 Å². The Morgan fingerprint density at radius 1 is 1.36 bits per heavy atom. The van der Waals surface area contributed by atoms with E-state index in [4.69, 9.17) is 16.3 Å². The molecule has 1 N–H and O–H groups in total. The summed E-state index contributed by atoms with van der Waals surface area (Å²) in [5.74, 6) is -2.47. The molecule has 1 fully saturated rings. The van der Waals surface area contributed by atoms with E-state index in [-0.39, 0.29) is 30.9 Å². The van der Waals surface area contributed by atoms with E-state index in [0.29, 0.717) is 21.7 Å². The maximum absolute atomic E-state index is 12.9. The second kappa shape index (κ2) is 7.55. The first-order valence-corrected chi connectivity index (χ1v) is 10.3. The summed E-state index contributed by atoms with van der Waals surface area (Å²) in [7, 11) is -1.48. The van der Waals surface area contributed by atoms with Crippen molar-refractivity contribution in [3.63, 3.8) is 0 Å². The molecule has 0 radical (unpaired) electrons. The van der Waals surface area contributed by atoms with Gasteiger partial charge < -0.3 is 9.72 Å². The van der Waals surface area contributed by atoms with E-state index in [2.05, 4.69) is 9.38 Å². The summed E-state index contributed by atoms with van der Waals surface area (Å²) in [5, 5.41) is 0.960. The Kier molecular flexibility index (Phi) is 5.64. The van der Waals surface area contributed by atoms with Crippen molar-refractivity contribution in [1.82, 2.24) is 4.98 Å². The second-order valence-corrected chi connectivity index (χ2v) is 10.3. The molecule has 9 heteroatoms. The third-order valence-electron chi connectivity index (χ3n) is 4.39. The first-order chi connectivity index (χ1) is 12.9. The second-order valence-electron chi connectivity index (χ2n) is 7.96. The fraction of sp³-hybridized carbons (Fsp3) is 0.474. The number of aromatic amines is 1. The average molecular weight is 431 g/mol. The molecule has 1 aromatic heterocycles. The Labute approximate surface area is 168 Å². The number of nitrogens with zero attached hydrogens (tertiary/aromatic N) is 1. The molecule has 1 aromatic carbocycles. The minimum atomic E-state index is -2.60. The van der Waals surface area contributed by atoms with Crippen LogP contribution in [0.5, 0.6) is 5.75 Å². The maximum atomic E-state index is 12.9. The van der Waals surface area contributed by atoms with E-state index in [1.54, 1.807) is 39.0 Å². The quantitative estimate of drug-likeness (QED) is 0.710. The van der Waals surface area contributed by atoms with Gasteiger partial charge in [0.05, 0.1) is 33.7 Å². The van der Waals surface area contributed by atoms with Crippen LogP contribution < -0.4 is 10.3 Å². The number of ether oxygens (including phenoxy) is 1. The SMILES string of the molecule is CC(C)(C)S(=O)N=Cc1cc2cc(Cl)c(OCC3CC(F)(F)C3)cc2[nH]c1=O. The third-order valence-corrected chi connectivity index (χ3v) is 6.03. The molecule has 1 atom stereocenters. The van der Waals surface area contributed by atoms with Crippen LogP contribution in [-0.4, -0.2) is 32.7 Å². The molecule has 0 aliphatic heterocycles. The highest BCUT2D eigenvalue weighted by atomic mass is 35.5. The average Bonchev–Trinajstić information content (AvgIpc) is 2.55. The van der Waals surface area contributed by atoms with Crippen LogP contribution in [0.15, 0.2) is 27.4 Å². The molecular weight excluding hydrogens is 410 g/mol. The van der Waals surface area contributed by atoms with Gasteiger partial charge in [0, 0.05) is 30.2 Å². The smallest absolute Gasteiger partial charge is 0.257 e. The minimum Gasteiger partial charge on any atom is -0.492 e. The van der Waals surface area contributed by atoms with Crippen LogP contribution in [0.1, 0.15) is 39.2 Å². The molecule has 0 bridgehead atoms. The highest BCUT2D eigenvalue weighted by Gasteiger charge is 2.45. The van der Waals surface area contributed by atoms with Gasteiger partial charge in [0.2, 0.25) is 5.92 Å². The Hall–Kier alpha value is -1.80. The van der Waals surface area contributed by atoms with E-state index in [1.165, 1.54) is 6.21 Å². The molecule has 5 nitrogen and oxygen atoms in total. The molecule has 0 saturated heterocycles. The lowest BCUT2D eigenvalue weighted by Gasteiger charge is -2.34. The van der Waals surface area contributed by atoms with E-state index in [0.717, 1.165) is 0 Å². The van der Waals surface area contributed by atoms with Crippen LogP contribution in [0.2, 0.25) is 5.02 Å². The zero-order chi connectivity index (χ0) is 20.7. The summed E-state index contributed by atoms with van der Waals surface area (Å²) < 4.78 is 46.9. The topological polar surface area (TPSA) is 71.5 Å². The van der Waals surface area contributed by atoms with Crippen molar-refractivity contribution in [1.29, 1.82) is 0 Å². The summed E-state index contributed by atoms with van der Waals surface area (Å²) in [4.78, 5) is 15.0. The lowest BCUT2D eigenvalue weighted by atomic mass is 9.82. The number of alkyl halides is 2. The van der Waals surface area contributed by atoms with Gasteiger partial charge in [-0.2, -0.15) is 4.40 Å². The highest BCUT2D eigenvalue weighted by Crippen LogP contribution is 2.42. The highest BCUT2D eigenvalue weighted by molar-refractivity contribution is 7.85. The van der Waals surface area contributed by atoms with Gasteiger partial charge in [0.25, 0.3) is 5.56 Å². The normalized spacial score (nSPS) is 18.4. The van der Waals surface area contributed by atoms with Gasteiger partial charge in [0.15, 0.2) is 0 Å². The summed E-state index contributed by atoms with van der Waals surface area (Å²) in [6, 6.07) is 4.79. The van der Waals surface area contributed by atoms with E-state index in [1.807, 2.05) is 0 Å². The Balaban J connectivity index is 1.81. The number of pyridine rings is 1. The summed E-state index contributed by atoms with van der Waals surface area (Å²) in [6.07, 6.45) is 0.913. The maximum Gasteiger partial charge on any atom is 0.257 e. The minimum absolute atomic E-state index is 0.147. The summed E-state index contributed by atoms with van der Waals surface area (Å²) in [6.45, 7) is 5.51. The van der Waals surface area contributed by atoms with Gasteiger partial charge in [0.1, 0.15) is 16.7 Å². The monoisotopic (exact) mass is 430 g/mol. The third kappa shape index (κ3) is 4.78. The number of fused-ring (bicyclic) bond motifs is 1. The molecule has 152 valence electrons. The zero-order valence-corrected chi connectivity index (χ0v) is 17.3. The Bertz CT molecular complexity index is 1010. The number of benzene rings is 1. The molecular formula is C19H21ClF2N2O3S. The summed E-state index contributed by atoms with van der Waals surface area (Å²) in [5.41, 5.74) is 0.359. The lowest BCUT2D eigenvalue weighted by molar-refractivity contribution is -0.119. The largest absolute Gasteiger partial charge is 0.492 e. The van der Waals surface area contributed by atoms with Crippen molar-refractivity contribution in [3.05, 3.63) is 39.1 Å². The standard InChI is InChI=1S/C19H21ClF2N2O3S/c1-18(2,3)28(26)23-9-13-4-12-5-14(20)16(6-15(12)24-17(13)25)27-10-11-7-19(21,22)8-11/h4-6,9,11H,7-8,10H2,1-3H3,(H,24,25). The number of aromatic nitrogens is 1. The fourth-order valence-electron chi connectivity index (χ4n) is 2.80. The van der Waals surface area contributed by atoms with Crippen LogP contribution in [-0.2, 0) is 11.0 Å². The molecule has 2 aromatic rings. The van der Waals surface area contributed by atoms with Crippen molar-refractivity contribution < 1.29 is 17.7 Å².